The molecule has 0 spiro atoms. The highest BCUT2D eigenvalue weighted by Crippen LogP contribution is 2.23. The fourth-order valence-corrected chi connectivity index (χ4v) is 2.23. The first kappa shape index (κ1) is 14.3. The van der Waals surface area contributed by atoms with Gasteiger partial charge in [0.1, 0.15) is 0 Å². The third kappa shape index (κ3) is 5.91. The van der Waals surface area contributed by atoms with E-state index in [1.165, 1.54) is 12.8 Å². The van der Waals surface area contributed by atoms with Crippen LogP contribution >= 0.6 is 0 Å². The topological polar surface area (TPSA) is 61.4 Å². The van der Waals surface area contributed by atoms with Gasteiger partial charge < -0.3 is 15.7 Å². The van der Waals surface area contributed by atoms with Crippen LogP contribution in [0.5, 0.6) is 0 Å². The van der Waals surface area contributed by atoms with Crippen LogP contribution in [0.3, 0.4) is 0 Å². The van der Waals surface area contributed by atoms with E-state index in [0.29, 0.717) is 18.5 Å². The molecule has 2 amide bonds. The lowest BCUT2D eigenvalue weighted by Gasteiger charge is -2.27. The van der Waals surface area contributed by atoms with Crippen LogP contribution in [0.25, 0.3) is 0 Å². The average molecular weight is 242 g/mol. The molecule has 0 radical (unpaired) electrons. The first-order chi connectivity index (χ1) is 8.11. The van der Waals surface area contributed by atoms with Gasteiger partial charge in [-0.2, -0.15) is 0 Å². The number of urea groups is 1. The van der Waals surface area contributed by atoms with E-state index in [9.17, 15) is 4.79 Å². The van der Waals surface area contributed by atoms with Gasteiger partial charge in [0.05, 0.1) is 0 Å². The summed E-state index contributed by atoms with van der Waals surface area (Å²) in [6.07, 6.45) is 5.36. The minimum Gasteiger partial charge on any atom is -0.396 e. The molecule has 0 heterocycles. The van der Waals surface area contributed by atoms with Gasteiger partial charge in [0.2, 0.25) is 0 Å². The molecule has 4 heteroatoms. The Kier molecular flexibility index (Phi) is 6.34. The molecule has 100 valence electrons. The second-order valence-corrected chi connectivity index (χ2v) is 5.43. The summed E-state index contributed by atoms with van der Waals surface area (Å²) in [5.74, 6) is 1.14. The predicted molar refractivity (Wildman–Crippen MR) is 68.8 cm³/mol. The van der Waals surface area contributed by atoms with E-state index in [2.05, 4.69) is 17.6 Å². The lowest BCUT2D eigenvalue weighted by molar-refractivity contribution is 0.223. The van der Waals surface area contributed by atoms with E-state index >= 15 is 0 Å². The van der Waals surface area contributed by atoms with Crippen LogP contribution in [0.1, 0.15) is 46.0 Å². The van der Waals surface area contributed by atoms with Crippen molar-refractivity contribution in [2.45, 2.75) is 52.0 Å². The second-order valence-electron chi connectivity index (χ2n) is 5.43. The number of carbonyl (C=O) groups excluding carboxylic acids is 1. The summed E-state index contributed by atoms with van der Waals surface area (Å²) in [7, 11) is 0. The highest BCUT2D eigenvalue weighted by atomic mass is 16.3. The number of aliphatic hydroxyl groups excluding tert-OH is 1. The summed E-state index contributed by atoms with van der Waals surface area (Å²) in [5, 5.41) is 14.6. The molecule has 0 aliphatic heterocycles. The molecule has 1 saturated carbocycles. The summed E-state index contributed by atoms with van der Waals surface area (Å²) >= 11 is 0. The van der Waals surface area contributed by atoms with E-state index in [1.54, 1.807) is 0 Å². The number of nitrogens with one attached hydrogen (secondary N) is 2. The van der Waals surface area contributed by atoms with Crippen LogP contribution in [-0.4, -0.2) is 30.3 Å². The van der Waals surface area contributed by atoms with Crippen molar-refractivity contribution in [3.8, 4) is 0 Å². The molecule has 0 bridgehead atoms. The van der Waals surface area contributed by atoms with Crippen LogP contribution in [0.2, 0.25) is 0 Å². The average Bonchev–Trinajstić information content (AvgIpc) is 2.30. The summed E-state index contributed by atoms with van der Waals surface area (Å²) in [6, 6.07) is 0.286. The largest absolute Gasteiger partial charge is 0.396 e. The molecule has 17 heavy (non-hydrogen) atoms. The molecule has 1 aliphatic rings. The molecule has 3 N–H and O–H groups in total. The van der Waals surface area contributed by atoms with Crippen LogP contribution in [0.15, 0.2) is 0 Å². The zero-order valence-electron chi connectivity index (χ0n) is 11.0. The maximum atomic E-state index is 11.6. The molecule has 1 aliphatic carbocycles. The van der Waals surface area contributed by atoms with Crippen molar-refractivity contribution in [1.29, 1.82) is 0 Å². The van der Waals surface area contributed by atoms with E-state index in [1.807, 2.05) is 6.92 Å². The first-order valence-corrected chi connectivity index (χ1v) is 6.77. The zero-order chi connectivity index (χ0) is 12.7. The van der Waals surface area contributed by atoms with Crippen molar-refractivity contribution < 1.29 is 9.90 Å². The Morgan fingerprint density at radius 1 is 1.35 bits per heavy atom. The molecular weight excluding hydrogens is 216 g/mol. The van der Waals surface area contributed by atoms with Gasteiger partial charge in [0.15, 0.2) is 0 Å². The van der Waals surface area contributed by atoms with Gasteiger partial charge in [-0.1, -0.05) is 13.8 Å². The molecule has 0 aromatic carbocycles. The third-order valence-electron chi connectivity index (χ3n) is 3.58. The van der Waals surface area contributed by atoms with Crippen LogP contribution < -0.4 is 10.6 Å². The highest BCUT2D eigenvalue weighted by molar-refractivity contribution is 5.74. The van der Waals surface area contributed by atoms with Crippen LogP contribution in [0, 0.1) is 11.8 Å². The van der Waals surface area contributed by atoms with E-state index in [4.69, 9.17) is 5.11 Å². The second kappa shape index (κ2) is 7.54. The number of hydrogen-bond acceptors (Lipinski definition) is 2. The van der Waals surface area contributed by atoms with Crippen molar-refractivity contribution in [2.75, 3.05) is 13.2 Å². The Morgan fingerprint density at radius 3 is 2.59 bits per heavy atom. The molecular formula is C13H26N2O2. The van der Waals surface area contributed by atoms with Crippen molar-refractivity contribution in [2.24, 2.45) is 11.8 Å². The summed E-state index contributed by atoms with van der Waals surface area (Å²) in [4.78, 5) is 11.6. The molecule has 1 atom stereocenters. The highest BCUT2D eigenvalue weighted by Gasteiger charge is 2.19. The van der Waals surface area contributed by atoms with Gasteiger partial charge in [-0.3, -0.25) is 0 Å². The smallest absolute Gasteiger partial charge is 0.315 e. The van der Waals surface area contributed by atoms with Gasteiger partial charge in [-0.05, 0) is 43.9 Å². The third-order valence-corrected chi connectivity index (χ3v) is 3.58. The molecule has 1 rings (SSSR count). The lowest BCUT2D eigenvalue weighted by atomic mass is 9.87. The Hall–Kier alpha value is -0.770. The first-order valence-electron chi connectivity index (χ1n) is 6.77. The summed E-state index contributed by atoms with van der Waals surface area (Å²) in [5.41, 5.74) is 0. The monoisotopic (exact) mass is 242 g/mol. The zero-order valence-corrected chi connectivity index (χ0v) is 11.0. The summed E-state index contributed by atoms with van der Waals surface area (Å²) in [6.45, 7) is 5.12. The molecule has 0 saturated heterocycles. The van der Waals surface area contributed by atoms with Gasteiger partial charge in [0, 0.05) is 19.2 Å². The van der Waals surface area contributed by atoms with Crippen LogP contribution in [-0.2, 0) is 0 Å². The normalized spacial score (nSPS) is 26.3. The van der Waals surface area contributed by atoms with Gasteiger partial charge in [-0.15, -0.1) is 0 Å². The van der Waals surface area contributed by atoms with Gasteiger partial charge in [0.25, 0.3) is 0 Å². The number of amides is 2. The lowest BCUT2D eigenvalue weighted by Crippen LogP contribution is -2.44. The maximum Gasteiger partial charge on any atom is 0.315 e. The number of carbonyl (C=O) groups is 1. The molecule has 1 unspecified atom stereocenters. The van der Waals surface area contributed by atoms with Crippen molar-refractivity contribution in [1.82, 2.24) is 10.6 Å². The number of rotatable bonds is 5. The fourth-order valence-electron chi connectivity index (χ4n) is 2.23. The van der Waals surface area contributed by atoms with Crippen molar-refractivity contribution in [3.63, 3.8) is 0 Å². The molecule has 0 aromatic rings. The van der Waals surface area contributed by atoms with Gasteiger partial charge in [-0.25, -0.2) is 4.79 Å². The molecule has 0 aromatic heterocycles. The molecule has 4 nitrogen and oxygen atoms in total. The summed E-state index contributed by atoms with van der Waals surface area (Å²) < 4.78 is 0. The Morgan fingerprint density at radius 2 is 2.00 bits per heavy atom. The number of aliphatic hydroxyl groups is 1. The van der Waals surface area contributed by atoms with E-state index in [0.717, 1.165) is 25.2 Å². The Balaban J connectivity index is 2.12. The van der Waals surface area contributed by atoms with E-state index < -0.39 is 0 Å². The quantitative estimate of drug-likeness (QED) is 0.689. The maximum absolute atomic E-state index is 11.6. The van der Waals surface area contributed by atoms with Crippen LogP contribution in [0.4, 0.5) is 4.79 Å². The van der Waals surface area contributed by atoms with Crippen molar-refractivity contribution in [3.05, 3.63) is 0 Å². The molecule has 1 fully saturated rings. The fraction of sp³-hybridized carbons (Fsp3) is 0.923. The van der Waals surface area contributed by atoms with E-state index in [-0.39, 0.29) is 12.6 Å². The van der Waals surface area contributed by atoms with Crippen molar-refractivity contribution >= 4 is 6.03 Å². The Labute approximate surface area is 104 Å². The SMILES string of the molecule is CC1CCC(NC(=O)NCC(C)CCO)CC1. The van der Waals surface area contributed by atoms with Gasteiger partial charge >= 0.3 is 6.03 Å². The Bertz CT molecular complexity index is 225. The predicted octanol–water partition coefficient (Wildman–Crippen LogP) is 1.88. The minimum absolute atomic E-state index is 0.0608. The minimum atomic E-state index is -0.0608. The number of hydrogen-bond donors (Lipinski definition) is 3. The standard InChI is InChI=1S/C13H26N2O2/c1-10-3-5-12(6-4-10)15-13(17)14-9-11(2)7-8-16/h10-12,16H,3-9H2,1-2H3,(H2,14,15,17).